The molecule has 0 bridgehead atoms. The number of hydrogen-bond donors (Lipinski definition) is 0. The molecule has 0 amide bonds. The van der Waals surface area contributed by atoms with Crippen molar-refractivity contribution >= 4 is 61.7 Å². The SMILES string of the molecule is Cn1c(-c2ccc(Cl)cc2)nc2sc(C=C3C(=O)c4cc5ccccc5cc4C3=O)cc21. The molecule has 4 nitrogen and oxygen atoms in total. The number of ketones is 2. The van der Waals surface area contributed by atoms with Crippen LogP contribution in [0.1, 0.15) is 25.6 Å². The number of benzene rings is 3. The highest BCUT2D eigenvalue weighted by molar-refractivity contribution is 7.19. The zero-order valence-electron chi connectivity index (χ0n) is 16.9. The van der Waals surface area contributed by atoms with Gasteiger partial charge >= 0.3 is 0 Å². The standard InChI is InChI=1S/C26H15ClN2O2S/c1-29-22-13-18(32-26(22)28-25(29)14-6-8-17(27)9-7-14)12-21-23(30)19-10-15-4-2-3-5-16(15)11-20(19)24(21)31/h2-13H,1H3. The van der Waals surface area contributed by atoms with Gasteiger partial charge in [-0.15, -0.1) is 11.3 Å². The Labute approximate surface area is 192 Å². The fourth-order valence-corrected chi connectivity index (χ4v) is 5.34. The Bertz CT molecular complexity index is 1570. The van der Waals surface area contributed by atoms with Crippen LogP contribution in [0.5, 0.6) is 0 Å². The van der Waals surface area contributed by atoms with E-state index in [-0.39, 0.29) is 17.1 Å². The summed E-state index contributed by atoms with van der Waals surface area (Å²) in [4.78, 5) is 32.5. The van der Waals surface area contributed by atoms with Crippen LogP contribution in [0.4, 0.5) is 0 Å². The molecule has 0 spiro atoms. The predicted molar refractivity (Wildman–Crippen MR) is 130 cm³/mol. The molecule has 0 radical (unpaired) electrons. The van der Waals surface area contributed by atoms with Crippen molar-refractivity contribution in [1.82, 2.24) is 9.55 Å². The van der Waals surface area contributed by atoms with Crippen molar-refractivity contribution in [2.75, 3.05) is 0 Å². The number of imidazole rings is 1. The van der Waals surface area contributed by atoms with E-state index in [9.17, 15) is 9.59 Å². The van der Waals surface area contributed by atoms with E-state index in [1.807, 2.05) is 78.3 Å². The number of allylic oxidation sites excluding steroid dienone is 1. The molecule has 0 fully saturated rings. The maximum absolute atomic E-state index is 13.0. The van der Waals surface area contributed by atoms with Gasteiger partial charge in [0.05, 0.1) is 11.1 Å². The number of Topliss-reactive ketones (excluding diaryl/α,β-unsaturated/α-hetero) is 2. The third-order valence-electron chi connectivity index (χ3n) is 5.85. The molecule has 0 atom stereocenters. The number of nitrogens with zero attached hydrogens (tertiary/aromatic N) is 2. The molecule has 1 aliphatic carbocycles. The molecule has 6 rings (SSSR count). The minimum Gasteiger partial charge on any atom is -0.326 e. The third-order valence-corrected chi connectivity index (χ3v) is 7.07. The van der Waals surface area contributed by atoms with Crippen LogP contribution in [-0.2, 0) is 7.05 Å². The topological polar surface area (TPSA) is 52.0 Å². The van der Waals surface area contributed by atoms with Crippen LogP contribution in [0.3, 0.4) is 0 Å². The zero-order chi connectivity index (χ0) is 22.0. The molecule has 3 aromatic carbocycles. The first-order valence-electron chi connectivity index (χ1n) is 10.1. The van der Waals surface area contributed by atoms with Crippen LogP contribution in [0.2, 0.25) is 5.02 Å². The Morgan fingerprint density at radius 1 is 0.906 bits per heavy atom. The van der Waals surface area contributed by atoms with Crippen LogP contribution in [0.25, 0.3) is 38.6 Å². The summed E-state index contributed by atoms with van der Waals surface area (Å²) in [6.07, 6.45) is 1.70. The highest BCUT2D eigenvalue weighted by Crippen LogP contribution is 2.35. The van der Waals surface area contributed by atoms with Crippen LogP contribution in [-0.4, -0.2) is 21.1 Å². The van der Waals surface area contributed by atoms with Gasteiger partial charge in [-0.3, -0.25) is 9.59 Å². The van der Waals surface area contributed by atoms with Crippen molar-refractivity contribution in [3.8, 4) is 11.4 Å². The van der Waals surface area contributed by atoms with Crippen LogP contribution in [0, 0.1) is 0 Å². The lowest BCUT2D eigenvalue weighted by atomic mass is 10.0. The fourth-order valence-electron chi connectivity index (χ4n) is 4.21. The van der Waals surface area contributed by atoms with E-state index in [1.165, 1.54) is 11.3 Å². The Morgan fingerprint density at radius 3 is 2.12 bits per heavy atom. The van der Waals surface area contributed by atoms with E-state index < -0.39 is 0 Å². The Balaban J connectivity index is 1.40. The molecule has 6 heteroatoms. The molecule has 0 aliphatic heterocycles. The van der Waals surface area contributed by atoms with Gasteiger partial charge in [0.25, 0.3) is 0 Å². The normalized spacial score (nSPS) is 13.4. The summed E-state index contributed by atoms with van der Waals surface area (Å²) >= 11 is 7.46. The molecular weight excluding hydrogens is 440 g/mol. The van der Waals surface area contributed by atoms with E-state index in [1.54, 1.807) is 6.08 Å². The van der Waals surface area contributed by atoms with Crippen molar-refractivity contribution in [3.05, 3.63) is 93.3 Å². The second-order valence-corrected chi connectivity index (χ2v) is 9.30. The lowest BCUT2D eigenvalue weighted by Gasteiger charge is -2.02. The first kappa shape index (κ1) is 19.2. The van der Waals surface area contributed by atoms with Crippen molar-refractivity contribution in [1.29, 1.82) is 0 Å². The number of fused-ring (bicyclic) bond motifs is 3. The van der Waals surface area contributed by atoms with Gasteiger partial charge in [0.15, 0.2) is 11.6 Å². The Morgan fingerprint density at radius 2 is 1.53 bits per heavy atom. The van der Waals surface area contributed by atoms with Gasteiger partial charge in [0, 0.05) is 33.6 Å². The number of aryl methyl sites for hydroxylation is 1. The lowest BCUT2D eigenvalue weighted by molar-refractivity contribution is 0.0990. The van der Waals surface area contributed by atoms with E-state index in [0.29, 0.717) is 16.1 Å². The summed E-state index contributed by atoms with van der Waals surface area (Å²) in [5.74, 6) is 0.403. The van der Waals surface area contributed by atoms with Gasteiger partial charge in [0.2, 0.25) is 0 Å². The summed E-state index contributed by atoms with van der Waals surface area (Å²) in [5, 5.41) is 2.59. The van der Waals surface area contributed by atoms with Gasteiger partial charge in [-0.05, 0) is 59.3 Å². The average Bonchev–Trinajstić information content (AvgIpc) is 3.41. The number of aromatic nitrogens is 2. The maximum atomic E-state index is 13.0. The molecule has 0 saturated carbocycles. The predicted octanol–water partition coefficient (Wildman–Crippen LogP) is 6.57. The van der Waals surface area contributed by atoms with E-state index in [2.05, 4.69) is 0 Å². The van der Waals surface area contributed by atoms with E-state index >= 15 is 0 Å². The van der Waals surface area contributed by atoms with Crippen LogP contribution >= 0.6 is 22.9 Å². The molecule has 1 aliphatic rings. The number of carbonyl (C=O) groups excluding carboxylic acids is 2. The molecule has 2 heterocycles. The molecular formula is C26H15ClN2O2S. The fraction of sp³-hybridized carbons (Fsp3) is 0.0385. The largest absolute Gasteiger partial charge is 0.326 e. The average molecular weight is 455 g/mol. The number of rotatable bonds is 2. The molecule has 0 saturated heterocycles. The maximum Gasteiger partial charge on any atom is 0.197 e. The third kappa shape index (κ3) is 2.86. The molecule has 154 valence electrons. The minimum atomic E-state index is -0.219. The number of halogens is 1. The summed E-state index contributed by atoms with van der Waals surface area (Å²) < 4.78 is 2.01. The van der Waals surface area contributed by atoms with E-state index in [0.717, 1.165) is 37.4 Å². The summed E-state index contributed by atoms with van der Waals surface area (Å²) in [5.41, 5.74) is 3.09. The van der Waals surface area contributed by atoms with Crippen LogP contribution in [0.15, 0.2) is 72.3 Å². The van der Waals surface area contributed by atoms with Gasteiger partial charge in [-0.1, -0.05) is 35.9 Å². The Kier molecular flexibility index (Phi) is 4.18. The number of carbonyl (C=O) groups is 2. The molecule has 32 heavy (non-hydrogen) atoms. The zero-order valence-corrected chi connectivity index (χ0v) is 18.5. The van der Waals surface area contributed by atoms with Crippen LogP contribution < -0.4 is 0 Å². The highest BCUT2D eigenvalue weighted by atomic mass is 35.5. The van der Waals surface area contributed by atoms with Gasteiger partial charge in [-0.25, -0.2) is 4.98 Å². The van der Waals surface area contributed by atoms with Gasteiger partial charge < -0.3 is 4.57 Å². The van der Waals surface area contributed by atoms with Crippen molar-refractivity contribution < 1.29 is 9.59 Å². The first-order valence-corrected chi connectivity index (χ1v) is 11.2. The second-order valence-electron chi connectivity index (χ2n) is 7.80. The van der Waals surface area contributed by atoms with Crippen molar-refractivity contribution in [2.24, 2.45) is 7.05 Å². The smallest absolute Gasteiger partial charge is 0.197 e. The molecule has 2 aromatic heterocycles. The molecule has 0 N–H and O–H groups in total. The summed E-state index contributed by atoms with van der Waals surface area (Å²) in [6.45, 7) is 0. The Hall–Kier alpha value is -3.54. The minimum absolute atomic E-state index is 0.208. The molecule has 0 unspecified atom stereocenters. The first-order chi connectivity index (χ1) is 15.5. The van der Waals surface area contributed by atoms with Gasteiger partial charge in [-0.2, -0.15) is 0 Å². The lowest BCUT2D eigenvalue weighted by Crippen LogP contribution is -1.99. The summed E-state index contributed by atoms with van der Waals surface area (Å²) in [6, 6.07) is 20.9. The van der Waals surface area contributed by atoms with Crippen molar-refractivity contribution in [3.63, 3.8) is 0 Å². The molecule has 5 aromatic rings. The van der Waals surface area contributed by atoms with E-state index in [4.69, 9.17) is 16.6 Å². The second kappa shape index (κ2) is 6.99. The number of hydrogen-bond acceptors (Lipinski definition) is 4. The summed E-state index contributed by atoms with van der Waals surface area (Å²) in [7, 11) is 1.95. The highest BCUT2D eigenvalue weighted by Gasteiger charge is 2.33. The monoisotopic (exact) mass is 454 g/mol. The van der Waals surface area contributed by atoms with Crippen molar-refractivity contribution in [2.45, 2.75) is 0 Å². The quantitative estimate of drug-likeness (QED) is 0.224. The van der Waals surface area contributed by atoms with Gasteiger partial charge in [0.1, 0.15) is 10.7 Å². The number of thiophene rings is 1.